The molecule has 0 radical (unpaired) electrons. The van der Waals surface area contributed by atoms with E-state index in [0.29, 0.717) is 0 Å². The molecule has 0 rings (SSSR count). The van der Waals surface area contributed by atoms with Crippen LogP contribution in [0.2, 0.25) is 0 Å². The number of halogens is 2. The Bertz CT molecular complexity index is 596. The molecular formula is C41H86Br2N2O2. The number of hydrogen-bond donors (Lipinski definition) is 0. The molecule has 286 valence electrons. The second-order valence-electron chi connectivity index (χ2n) is 15.2. The van der Waals surface area contributed by atoms with E-state index < -0.39 is 0 Å². The Labute approximate surface area is 318 Å². The third kappa shape index (κ3) is 53.3. The van der Waals surface area contributed by atoms with Gasteiger partial charge in [-0.25, -0.2) is 0 Å². The van der Waals surface area contributed by atoms with Gasteiger partial charge in [0.1, 0.15) is 13.1 Å². The first-order chi connectivity index (χ1) is 21.7. The highest BCUT2D eigenvalue weighted by Gasteiger charge is 2.13. The number of ether oxygens (including phenoxy) is 2. The summed E-state index contributed by atoms with van der Waals surface area (Å²) in [6, 6.07) is 0. The first-order valence-corrected chi connectivity index (χ1v) is 19.7. The predicted octanol–water partition coefficient (Wildman–Crippen LogP) is 5.55. The highest BCUT2D eigenvalue weighted by molar-refractivity contribution is 4.66. The fourth-order valence-corrected chi connectivity index (χ4v) is 5.39. The van der Waals surface area contributed by atoms with Crippen molar-refractivity contribution >= 4 is 0 Å². The molecule has 0 aromatic carbocycles. The minimum atomic E-state index is 0. The molecule has 0 aliphatic rings. The fraction of sp³-hybridized carbons (Fsp3) is 0.902. The highest BCUT2D eigenvalue weighted by Crippen LogP contribution is 2.12. The summed E-state index contributed by atoms with van der Waals surface area (Å²) in [4.78, 5) is 0. The third-order valence-electron chi connectivity index (χ3n) is 8.76. The van der Waals surface area contributed by atoms with Gasteiger partial charge in [0.25, 0.3) is 0 Å². The van der Waals surface area contributed by atoms with E-state index in [1.54, 1.807) is 0 Å². The van der Waals surface area contributed by atoms with Crippen LogP contribution in [0.4, 0.5) is 0 Å². The van der Waals surface area contributed by atoms with Gasteiger partial charge in [-0.1, -0.05) is 122 Å². The van der Waals surface area contributed by atoms with Crippen LogP contribution >= 0.6 is 0 Å². The molecule has 6 heteroatoms. The third-order valence-corrected chi connectivity index (χ3v) is 8.76. The molecule has 0 aromatic rings. The number of quaternary nitrogens is 2. The van der Waals surface area contributed by atoms with Gasteiger partial charge in [0, 0.05) is 13.2 Å². The van der Waals surface area contributed by atoms with Gasteiger partial charge in [0.15, 0.2) is 0 Å². The molecule has 0 fully saturated rings. The topological polar surface area (TPSA) is 18.5 Å². The molecule has 0 aliphatic carbocycles. The zero-order valence-electron chi connectivity index (χ0n) is 33.0. The molecule has 0 heterocycles. The maximum Gasteiger partial charge on any atom is 0.102 e. The van der Waals surface area contributed by atoms with E-state index in [9.17, 15) is 0 Å². The summed E-state index contributed by atoms with van der Waals surface area (Å²) in [5.74, 6) is 0. The van der Waals surface area contributed by atoms with Crippen LogP contribution in [0.25, 0.3) is 0 Å². The maximum atomic E-state index is 5.89. The summed E-state index contributed by atoms with van der Waals surface area (Å²) < 4.78 is 13.6. The van der Waals surface area contributed by atoms with Crippen LogP contribution in [0.5, 0.6) is 0 Å². The average Bonchev–Trinajstić information content (AvgIpc) is 2.99. The number of nitrogens with zero attached hydrogens (tertiary/aromatic N) is 2. The molecule has 4 nitrogen and oxygen atoms in total. The first-order valence-electron chi connectivity index (χ1n) is 19.7. The molecule has 0 bridgehead atoms. The van der Waals surface area contributed by atoms with E-state index in [4.69, 9.17) is 9.47 Å². The quantitative estimate of drug-likeness (QED) is 0.0476. The molecule has 0 aliphatic heterocycles. The fourth-order valence-electron chi connectivity index (χ4n) is 5.39. The molecule has 0 saturated carbocycles. The second kappa shape index (κ2) is 42.4. The summed E-state index contributed by atoms with van der Waals surface area (Å²) in [6.07, 6.45) is 36.5. The Hall–Kier alpha value is 0.280. The second-order valence-corrected chi connectivity index (χ2v) is 15.2. The van der Waals surface area contributed by atoms with Gasteiger partial charge in [0.2, 0.25) is 0 Å². The van der Waals surface area contributed by atoms with Crippen molar-refractivity contribution in [2.45, 2.75) is 161 Å². The lowest BCUT2D eigenvalue weighted by Crippen LogP contribution is -3.00. The molecule has 0 unspecified atom stereocenters. The highest BCUT2D eigenvalue weighted by atomic mass is 79.9. The summed E-state index contributed by atoms with van der Waals surface area (Å²) >= 11 is 0. The lowest BCUT2D eigenvalue weighted by Gasteiger charge is -2.29. The van der Waals surface area contributed by atoms with Gasteiger partial charge in [-0.15, -0.1) is 13.2 Å². The molecule has 0 atom stereocenters. The molecule has 47 heavy (non-hydrogen) atoms. The van der Waals surface area contributed by atoms with Crippen LogP contribution in [0.3, 0.4) is 0 Å². The summed E-state index contributed by atoms with van der Waals surface area (Å²) in [5.41, 5.74) is 0. The van der Waals surface area contributed by atoms with E-state index in [-0.39, 0.29) is 34.0 Å². The predicted molar refractivity (Wildman–Crippen MR) is 203 cm³/mol. The number of unbranched alkanes of at least 4 members (excludes halogenated alkanes) is 21. The normalized spacial score (nSPS) is 11.3. The molecular weight excluding hydrogens is 712 g/mol. The Morgan fingerprint density at radius 2 is 0.745 bits per heavy atom. The lowest BCUT2D eigenvalue weighted by atomic mass is 10.1. The van der Waals surface area contributed by atoms with E-state index in [1.165, 1.54) is 161 Å². The van der Waals surface area contributed by atoms with Gasteiger partial charge >= 0.3 is 0 Å². The van der Waals surface area contributed by atoms with Crippen molar-refractivity contribution in [1.29, 1.82) is 0 Å². The van der Waals surface area contributed by atoms with E-state index >= 15 is 0 Å². The van der Waals surface area contributed by atoms with Crippen molar-refractivity contribution in [2.75, 3.05) is 81.3 Å². The van der Waals surface area contributed by atoms with E-state index in [2.05, 4.69) is 55.3 Å². The monoisotopic (exact) mass is 797 g/mol. The van der Waals surface area contributed by atoms with Crippen LogP contribution in [0, 0.1) is 0 Å². The lowest BCUT2D eigenvalue weighted by molar-refractivity contribution is -0.891. The van der Waals surface area contributed by atoms with Crippen LogP contribution in [0.15, 0.2) is 25.3 Å². The van der Waals surface area contributed by atoms with Crippen molar-refractivity contribution < 1.29 is 52.4 Å². The minimum absolute atomic E-state index is 0. The van der Waals surface area contributed by atoms with Gasteiger partial charge in [0.05, 0.1) is 55.0 Å². The number of likely N-dealkylation sites (N-methyl/N-ethyl adjacent to an activating group) is 2. The van der Waals surface area contributed by atoms with Gasteiger partial charge < -0.3 is 52.4 Å². The number of allylic oxidation sites excluding steroid dienone is 2. The van der Waals surface area contributed by atoms with Crippen molar-refractivity contribution in [3.63, 3.8) is 0 Å². The Morgan fingerprint density at radius 3 is 1.13 bits per heavy atom. The van der Waals surface area contributed by atoms with Gasteiger partial charge in [-0.05, 0) is 51.4 Å². The molecule has 0 spiro atoms. The molecule has 0 saturated heterocycles. The average molecular weight is 799 g/mol. The van der Waals surface area contributed by atoms with Crippen molar-refractivity contribution in [3.05, 3.63) is 25.3 Å². The SMILES string of the molecule is C=CCCCCCCCCOCC[N+](C)(C)C.C=CCCCCCCCCOCC[N+](C)(C)CCCCCCCCCCCC.[Br-].[Br-]. The van der Waals surface area contributed by atoms with Crippen LogP contribution in [-0.4, -0.2) is 90.3 Å². The summed E-state index contributed by atoms with van der Waals surface area (Å²) in [7, 11) is 11.3. The smallest absolute Gasteiger partial charge is 0.102 e. The Kier molecular flexibility index (Phi) is 48.8. The summed E-state index contributed by atoms with van der Waals surface area (Å²) in [5, 5.41) is 0. The number of rotatable bonds is 35. The van der Waals surface area contributed by atoms with Gasteiger partial charge in [-0.2, -0.15) is 0 Å². The van der Waals surface area contributed by atoms with E-state index in [0.717, 1.165) is 48.5 Å². The van der Waals surface area contributed by atoms with Crippen LogP contribution in [-0.2, 0) is 9.47 Å². The van der Waals surface area contributed by atoms with Crippen molar-refractivity contribution in [1.82, 2.24) is 0 Å². The molecule has 0 aromatic heterocycles. The molecule has 0 amide bonds. The minimum Gasteiger partial charge on any atom is -1.00 e. The van der Waals surface area contributed by atoms with Crippen LogP contribution < -0.4 is 34.0 Å². The zero-order chi connectivity index (χ0) is 33.7. The zero-order valence-corrected chi connectivity index (χ0v) is 36.1. The Balaban J connectivity index is -0.000000420. The van der Waals surface area contributed by atoms with Crippen molar-refractivity contribution in [3.8, 4) is 0 Å². The largest absolute Gasteiger partial charge is 1.00 e. The molecule has 0 N–H and O–H groups in total. The van der Waals surface area contributed by atoms with Crippen LogP contribution in [0.1, 0.15) is 161 Å². The summed E-state index contributed by atoms with van der Waals surface area (Å²) in [6.45, 7) is 17.1. The number of hydrogen-bond acceptors (Lipinski definition) is 2. The Morgan fingerprint density at radius 1 is 0.404 bits per heavy atom. The first kappa shape index (κ1) is 54.1. The van der Waals surface area contributed by atoms with Crippen molar-refractivity contribution in [2.24, 2.45) is 0 Å². The maximum absolute atomic E-state index is 5.89. The van der Waals surface area contributed by atoms with E-state index in [1.807, 2.05) is 12.2 Å². The standard InChI is InChI=1S/C26H54NO.C15H32NO.2BrH/c1-5-7-9-11-13-15-16-17-19-21-23-27(3,4)24-26-28-25-22-20-18-14-12-10-8-6-2;1-5-6-7-8-9-10-11-12-14-17-15-13-16(2,3)4;;/h6H,2,5,7-26H2,1,3-4H3;5H,1,6-15H2,2-4H3;2*1H/q2*+1;;/p-2. The van der Waals surface area contributed by atoms with Gasteiger partial charge in [-0.3, -0.25) is 0 Å².